The maximum Gasteiger partial charge on any atom is 0.0625 e. The van der Waals surface area contributed by atoms with Gasteiger partial charge in [-0.1, -0.05) is 20.8 Å². The fourth-order valence-electron chi connectivity index (χ4n) is 8.65. The van der Waals surface area contributed by atoms with E-state index < -0.39 is 5.60 Å². The molecule has 4 aliphatic carbocycles. The van der Waals surface area contributed by atoms with Gasteiger partial charge in [-0.15, -0.1) is 0 Å². The van der Waals surface area contributed by atoms with Crippen molar-refractivity contribution < 1.29 is 5.11 Å². The van der Waals surface area contributed by atoms with Crippen LogP contribution in [-0.4, -0.2) is 16.4 Å². The van der Waals surface area contributed by atoms with Crippen molar-refractivity contribution in [1.29, 1.82) is 5.41 Å². The highest BCUT2D eigenvalue weighted by Crippen LogP contribution is 2.71. The van der Waals surface area contributed by atoms with E-state index in [1.54, 1.807) is 0 Å². The molecule has 0 heterocycles. The van der Waals surface area contributed by atoms with Gasteiger partial charge >= 0.3 is 0 Å². The maximum atomic E-state index is 10.8. The first-order valence-electron chi connectivity index (χ1n) is 10.8. The van der Waals surface area contributed by atoms with E-state index >= 15 is 0 Å². The fraction of sp³-hybridized carbons (Fsp3) is 0.957. The molecule has 0 bridgehead atoms. The Morgan fingerprint density at radius 2 is 1.60 bits per heavy atom. The number of aliphatic hydroxyl groups is 1. The van der Waals surface area contributed by atoms with Crippen molar-refractivity contribution in [2.75, 3.05) is 0 Å². The molecule has 4 fully saturated rings. The summed E-state index contributed by atoms with van der Waals surface area (Å²) in [4.78, 5) is 0. The molecule has 8 atom stereocenters. The highest BCUT2D eigenvalue weighted by Gasteiger charge is 2.64. The number of hydrogen-bond donors (Lipinski definition) is 2. The van der Waals surface area contributed by atoms with Gasteiger partial charge in [-0.05, 0) is 106 Å². The minimum Gasteiger partial charge on any atom is -0.390 e. The SMILES string of the molecule is CC(=N)C1CCC2C3CCC4(C)C[C@](C)(O)CCC4(C)C3CCC12C. The van der Waals surface area contributed by atoms with E-state index in [1.807, 2.05) is 6.92 Å². The zero-order valence-electron chi connectivity index (χ0n) is 17.1. The average Bonchev–Trinajstić information content (AvgIpc) is 2.85. The highest BCUT2D eigenvalue weighted by molar-refractivity contribution is 5.82. The molecule has 2 N–H and O–H groups in total. The van der Waals surface area contributed by atoms with Crippen LogP contribution in [0.4, 0.5) is 0 Å². The van der Waals surface area contributed by atoms with Crippen LogP contribution in [0.15, 0.2) is 0 Å². The molecule has 2 heteroatoms. The minimum atomic E-state index is -0.458. The van der Waals surface area contributed by atoms with Crippen LogP contribution < -0.4 is 0 Å². The molecule has 0 amide bonds. The second-order valence-electron chi connectivity index (χ2n) is 11.4. The number of fused-ring (bicyclic) bond motifs is 5. The zero-order valence-corrected chi connectivity index (χ0v) is 17.1. The van der Waals surface area contributed by atoms with Gasteiger partial charge < -0.3 is 10.5 Å². The van der Waals surface area contributed by atoms with Crippen LogP contribution in [0.1, 0.15) is 92.4 Å². The monoisotopic (exact) mass is 345 g/mol. The molecule has 2 nitrogen and oxygen atoms in total. The first-order chi connectivity index (χ1) is 11.5. The third-order valence-corrected chi connectivity index (χ3v) is 10.1. The minimum absolute atomic E-state index is 0.305. The summed E-state index contributed by atoms with van der Waals surface area (Å²) in [7, 11) is 0. The van der Waals surface area contributed by atoms with Gasteiger partial charge in [0.25, 0.3) is 0 Å². The van der Waals surface area contributed by atoms with E-state index in [1.165, 1.54) is 44.9 Å². The summed E-state index contributed by atoms with van der Waals surface area (Å²) < 4.78 is 0. The first-order valence-corrected chi connectivity index (χ1v) is 10.8. The van der Waals surface area contributed by atoms with Crippen LogP contribution >= 0.6 is 0 Å². The Hall–Kier alpha value is -0.370. The summed E-state index contributed by atoms with van der Waals surface area (Å²) in [5, 5.41) is 19.1. The third kappa shape index (κ3) is 2.35. The van der Waals surface area contributed by atoms with Crippen LogP contribution in [0, 0.1) is 45.3 Å². The van der Waals surface area contributed by atoms with Crippen molar-refractivity contribution in [3.8, 4) is 0 Å². The molecule has 0 aromatic heterocycles. The summed E-state index contributed by atoms with van der Waals surface area (Å²) in [6.07, 6.45) is 11.1. The van der Waals surface area contributed by atoms with Crippen molar-refractivity contribution in [2.45, 2.75) is 98.0 Å². The average molecular weight is 346 g/mol. The van der Waals surface area contributed by atoms with Crippen LogP contribution in [-0.2, 0) is 0 Å². The van der Waals surface area contributed by atoms with Gasteiger partial charge in [0.1, 0.15) is 0 Å². The van der Waals surface area contributed by atoms with E-state index in [0.29, 0.717) is 22.2 Å². The molecule has 142 valence electrons. The molecular weight excluding hydrogens is 306 g/mol. The lowest BCUT2D eigenvalue weighted by Gasteiger charge is -2.66. The standard InChI is InChI=1S/C23H39NO/c1-15(24)17-6-7-18-16-8-10-20(2)14-21(3,25)12-13-23(20,5)19(16)9-11-22(17,18)4/h16-19,24-25H,6-14H2,1-5H3/t16?,17?,18?,19?,20?,21-,22?,23?/m1/s1. The normalized spacial score (nSPS) is 58.2. The predicted octanol–water partition coefficient (Wildman–Crippen LogP) is 5.83. The summed E-state index contributed by atoms with van der Waals surface area (Å²) in [5.74, 6) is 3.07. The Morgan fingerprint density at radius 1 is 0.880 bits per heavy atom. The van der Waals surface area contributed by atoms with E-state index in [0.717, 1.165) is 36.3 Å². The quantitative estimate of drug-likeness (QED) is 0.577. The van der Waals surface area contributed by atoms with E-state index in [4.69, 9.17) is 5.41 Å². The highest BCUT2D eigenvalue weighted by atomic mass is 16.3. The first kappa shape index (κ1) is 18.0. The smallest absolute Gasteiger partial charge is 0.0625 e. The lowest BCUT2D eigenvalue weighted by Crippen LogP contribution is -2.60. The molecule has 25 heavy (non-hydrogen) atoms. The van der Waals surface area contributed by atoms with Gasteiger partial charge in [-0.3, -0.25) is 0 Å². The van der Waals surface area contributed by atoms with Gasteiger partial charge in [-0.25, -0.2) is 0 Å². The molecule has 0 spiro atoms. The van der Waals surface area contributed by atoms with Gasteiger partial charge in [-0.2, -0.15) is 0 Å². The molecule has 0 aliphatic heterocycles. The summed E-state index contributed by atoms with van der Waals surface area (Å²) >= 11 is 0. The Kier molecular flexibility index (Phi) is 3.84. The Bertz CT molecular complexity index is 583. The van der Waals surface area contributed by atoms with E-state index in [2.05, 4.69) is 27.7 Å². The predicted molar refractivity (Wildman–Crippen MR) is 104 cm³/mol. The number of nitrogens with one attached hydrogen (secondary N) is 1. The summed E-state index contributed by atoms with van der Waals surface area (Å²) in [6, 6.07) is 0. The van der Waals surface area contributed by atoms with Crippen molar-refractivity contribution in [1.82, 2.24) is 0 Å². The van der Waals surface area contributed by atoms with Crippen molar-refractivity contribution in [3.63, 3.8) is 0 Å². The van der Waals surface area contributed by atoms with E-state index in [-0.39, 0.29) is 0 Å². The van der Waals surface area contributed by atoms with Crippen LogP contribution in [0.3, 0.4) is 0 Å². The molecule has 0 aromatic rings. The Balaban J connectivity index is 1.65. The van der Waals surface area contributed by atoms with Crippen LogP contribution in [0.2, 0.25) is 0 Å². The molecule has 4 aliphatic rings. The van der Waals surface area contributed by atoms with Gasteiger partial charge in [0.05, 0.1) is 5.60 Å². The van der Waals surface area contributed by atoms with Gasteiger partial charge in [0.15, 0.2) is 0 Å². The number of rotatable bonds is 1. The zero-order chi connectivity index (χ0) is 18.3. The summed E-state index contributed by atoms with van der Waals surface area (Å²) in [5.41, 5.74) is 1.57. The number of hydrogen-bond acceptors (Lipinski definition) is 2. The molecular formula is C23H39NO. The Labute approximate surface area is 154 Å². The summed E-state index contributed by atoms with van der Waals surface area (Å²) in [6.45, 7) is 11.7. The van der Waals surface area contributed by atoms with Crippen LogP contribution in [0.25, 0.3) is 0 Å². The molecule has 0 radical (unpaired) electrons. The molecule has 4 saturated carbocycles. The van der Waals surface area contributed by atoms with Gasteiger partial charge in [0, 0.05) is 11.6 Å². The second-order valence-corrected chi connectivity index (χ2v) is 11.4. The maximum absolute atomic E-state index is 10.8. The lowest BCUT2D eigenvalue weighted by molar-refractivity contribution is -0.187. The third-order valence-electron chi connectivity index (χ3n) is 10.1. The molecule has 4 rings (SSSR count). The molecule has 0 saturated heterocycles. The molecule has 0 aromatic carbocycles. The van der Waals surface area contributed by atoms with Crippen molar-refractivity contribution in [3.05, 3.63) is 0 Å². The van der Waals surface area contributed by atoms with E-state index in [9.17, 15) is 5.11 Å². The largest absolute Gasteiger partial charge is 0.390 e. The van der Waals surface area contributed by atoms with Crippen molar-refractivity contribution >= 4 is 5.71 Å². The molecule has 7 unspecified atom stereocenters. The second kappa shape index (κ2) is 5.33. The fourth-order valence-corrected chi connectivity index (χ4v) is 8.65. The van der Waals surface area contributed by atoms with Crippen LogP contribution in [0.5, 0.6) is 0 Å². The Morgan fingerprint density at radius 3 is 2.28 bits per heavy atom. The van der Waals surface area contributed by atoms with Gasteiger partial charge in [0.2, 0.25) is 0 Å². The van der Waals surface area contributed by atoms with Crippen molar-refractivity contribution in [2.24, 2.45) is 39.9 Å². The topological polar surface area (TPSA) is 44.1 Å². The lowest BCUT2D eigenvalue weighted by atomic mass is 9.39.